The average Bonchev–Trinajstić information content (AvgIpc) is 2.48. The van der Waals surface area contributed by atoms with Crippen LogP contribution in [-0.2, 0) is 4.79 Å². The highest BCUT2D eigenvalue weighted by atomic mass is 16.2. The van der Waals surface area contributed by atoms with Crippen molar-refractivity contribution in [1.29, 1.82) is 0 Å². The van der Waals surface area contributed by atoms with Crippen LogP contribution in [0.3, 0.4) is 0 Å². The standard InChI is InChI=1S/C19H35N3O/c1-19(2,3)21-18(23)15-22-11-9-17(10-12-22)14-20-13-16-7-5-4-6-8-16/h4-5,16-17,20H,6-15H2,1-3H3,(H,21,23)/t16-/m0/s1. The molecule has 2 rings (SSSR count). The van der Waals surface area contributed by atoms with Gasteiger partial charge < -0.3 is 10.6 Å². The van der Waals surface area contributed by atoms with Gasteiger partial charge in [-0.2, -0.15) is 0 Å². The molecule has 0 aromatic heterocycles. The Morgan fingerprint density at radius 2 is 1.78 bits per heavy atom. The summed E-state index contributed by atoms with van der Waals surface area (Å²) in [5.74, 6) is 1.76. The largest absolute Gasteiger partial charge is 0.350 e. The quantitative estimate of drug-likeness (QED) is 0.739. The summed E-state index contributed by atoms with van der Waals surface area (Å²) in [5, 5.41) is 6.73. The Kier molecular flexibility index (Phi) is 7.09. The van der Waals surface area contributed by atoms with E-state index in [1.54, 1.807) is 0 Å². The van der Waals surface area contributed by atoms with Crippen LogP contribution >= 0.6 is 0 Å². The van der Waals surface area contributed by atoms with Gasteiger partial charge in [-0.05, 0) is 90.9 Å². The summed E-state index contributed by atoms with van der Waals surface area (Å²) in [6.45, 7) is 11.1. The van der Waals surface area contributed by atoms with Crippen LogP contribution in [0.1, 0.15) is 52.9 Å². The first kappa shape index (κ1) is 18.5. The van der Waals surface area contributed by atoms with Gasteiger partial charge in [0.05, 0.1) is 6.54 Å². The minimum Gasteiger partial charge on any atom is -0.350 e. The molecule has 0 saturated carbocycles. The maximum Gasteiger partial charge on any atom is 0.234 e. The van der Waals surface area contributed by atoms with Gasteiger partial charge in [-0.25, -0.2) is 0 Å². The van der Waals surface area contributed by atoms with Crippen molar-refractivity contribution in [3.05, 3.63) is 12.2 Å². The van der Waals surface area contributed by atoms with Crippen molar-refractivity contribution in [3.8, 4) is 0 Å². The third-order valence-electron chi connectivity index (χ3n) is 4.83. The van der Waals surface area contributed by atoms with Gasteiger partial charge >= 0.3 is 0 Å². The summed E-state index contributed by atoms with van der Waals surface area (Å²) >= 11 is 0. The van der Waals surface area contributed by atoms with Crippen molar-refractivity contribution >= 4 is 5.91 Å². The van der Waals surface area contributed by atoms with Crippen molar-refractivity contribution in [2.45, 2.75) is 58.4 Å². The lowest BCUT2D eigenvalue weighted by Gasteiger charge is -2.32. The minimum atomic E-state index is -0.131. The Hall–Kier alpha value is -0.870. The van der Waals surface area contributed by atoms with Gasteiger partial charge in [0, 0.05) is 5.54 Å². The van der Waals surface area contributed by atoms with Gasteiger partial charge in [0.15, 0.2) is 0 Å². The van der Waals surface area contributed by atoms with Crippen LogP contribution in [-0.4, -0.2) is 49.1 Å². The summed E-state index contributed by atoms with van der Waals surface area (Å²) in [6, 6.07) is 0. The van der Waals surface area contributed by atoms with Crippen molar-refractivity contribution in [1.82, 2.24) is 15.5 Å². The van der Waals surface area contributed by atoms with E-state index >= 15 is 0 Å². The van der Waals surface area contributed by atoms with E-state index < -0.39 is 0 Å². The minimum absolute atomic E-state index is 0.131. The monoisotopic (exact) mass is 321 g/mol. The molecule has 1 amide bonds. The topological polar surface area (TPSA) is 44.4 Å². The molecule has 1 aliphatic carbocycles. The van der Waals surface area contributed by atoms with Crippen LogP contribution in [0.25, 0.3) is 0 Å². The van der Waals surface area contributed by atoms with Gasteiger partial charge in [0.25, 0.3) is 0 Å². The Morgan fingerprint density at radius 3 is 2.39 bits per heavy atom. The number of hydrogen-bond acceptors (Lipinski definition) is 3. The van der Waals surface area contributed by atoms with E-state index in [1.165, 1.54) is 38.6 Å². The maximum absolute atomic E-state index is 12.0. The van der Waals surface area contributed by atoms with Crippen LogP contribution in [0.5, 0.6) is 0 Å². The van der Waals surface area contributed by atoms with Gasteiger partial charge in [0.2, 0.25) is 5.91 Å². The van der Waals surface area contributed by atoms with Gasteiger partial charge in [-0.1, -0.05) is 12.2 Å². The fraction of sp³-hybridized carbons (Fsp3) is 0.842. The predicted molar refractivity (Wildman–Crippen MR) is 96.4 cm³/mol. The molecule has 0 spiro atoms. The highest BCUT2D eigenvalue weighted by Crippen LogP contribution is 2.19. The lowest BCUT2D eigenvalue weighted by atomic mass is 9.93. The second-order valence-electron chi connectivity index (χ2n) is 8.33. The van der Waals surface area contributed by atoms with Crippen LogP contribution in [0.4, 0.5) is 0 Å². The van der Waals surface area contributed by atoms with E-state index in [4.69, 9.17) is 0 Å². The first-order chi connectivity index (χ1) is 10.9. The molecule has 1 fully saturated rings. The number of carbonyl (C=O) groups excluding carboxylic acids is 1. The van der Waals surface area contributed by atoms with Crippen LogP contribution in [0.15, 0.2) is 12.2 Å². The summed E-state index contributed by atoms with van der Waals surface area (Å²) < 4.78 is 0. The molecule has 0 radical (unpaired) electrons. The molecule has 0 bridgehead atoms. The molecule has 1 atom stereocenters. The number of hydrogen-bond donors (Lipinski definition) is 2. The highest BCUT2D eigenvalue weighted by Gasteiger charge is 2.22. The number of nitrogens with zero attached hydrogens (tertiary/aromatic N) is 1. The van der Waals surface area contributed by atoms with Crippen molar-refractivity contribution in [2.75, 3.05) is 32.7 Å². The second-order valence-corrected chi connectivity index (χ2v) is 8.33. The molecule has 2 aliphatic rings. The Bertz CT molecular complexity index is 392. The fourth-order valence-corrected chi connectivity index (χ4v) is 3.54. The average molecular weight is 322 g/mol. The van der Waals surface area contributed by atoms with Gasteiger partial charge in [-0.15, -0.1) is 0 Å². The zero-order valence-corrected chi connectivity index (χ0v) is 15.2. The lowest BCUT2D eigenvalue weighted by Crippen LogP contribution is -2.48. The maximum atomic E-state index is 12.0. The molecule has 132 valence electrons. The fourth-order valence-electron chi connectivity index (χ4n) is 3.54. The zero-order chi connectivity index (χ0) is 16.7. The Labute approximate surface area is 142 Å². The molecule has 0 aromatic rings. The molecule has 4 heteroatoms. The predicted octanol–water partition coefficient (Wildman–Crippen LogP) is 2.56. The van der Waals surface area contributed by atoms with E-state index in [0.29, 0.717) is 6.54 Å². The first-order valence-corrected chi connectivity index (χ1v) is 9.31. The first-order valence-electron chi connectivity index (χ1n) is 9.31. The molecule has 2 N–H and O–H groups in total. The third kappa shape index (κ3) is 7.49. The number of allylic oxidation sites excluding steroid dienone is 2. The molecule has 4 nitrogen and oxygen atoms in total. The Morgan fingerprint density at radius 1 is 1.09 bits per heavy atom. The van der Waals surface area contributed by atoms with E-state index in [1.807, 2.05) is 20.8 Å². The lowest BCUT2D eigenvalue weighted by molar-refractivity contribution is -0.124. The summed E-state index contributed by atoms with van der Waals surface area (Å²) in [5.41, 5.74) is -0.131. The number of nitrogens with one attached hydrogen (secondary N) is 2. The molecular weight excluding hydrogens is 286 g/mol. The summed E-state index contributed by atoms with van der Waals surface area (Å²) in [7, 11) is 0. The van der Waals surface area contributed by atoms with Crippen LogP contribution < -0.4 is 10.6 Å². The van der Waals surface area contributed by atoms with E-state index in [2.05, 4.69) is 27.7 Å². The molecule has 1 heterocycles. The van der Waals surface area contributed by atoms with E-state index in [0.717, 1.165) is 31.5 Å². The van der Waals surface area contributed by atoms with Crippen LogP contribution in [0, 0.1) is 11.8 Å². The SMILES string of the molecule is CC(C)(C)NC(=O)CN1CCC(CNC[C@H]2CC=CCC2)CC1. The second kappa shape index (κ2) is 8.84. The summed E-state index contributed by atoms with van der Waals surface area (Å²) in [6.07, 6.45) is 10.9. The zero-order valence-electron chi connectivity index (χ0n) is 15.2. The van der Waals surface area contributed by atoms with Crippen LogP contribution in [0.2, 0.25) is 0 Å². The van der Waals surface area contributed by atoms with Crippen molar-refractivity contribution in [3.63, 3.8) is 0 Å². The molecule has 0 aromatic carbocycles. The van der Waals surface area contributed by atoms with Gasteiger partial charge in [0.1, 0.15) is 0 Å². The third-order valence-corrected chi connectivity index (χ3v) is 4.83. The molecule has 1 saturated heterocycles. The number of rotatable bonds is 6. The van der Waals surface area contributed by atoms with Gasteiger partial charge in [-0.3, -0.25) is 9.69 Å². The van der Waals surface area contributed by atoms with E-state index in [9.17, 15) is 4.79 Å². The molecule has 1 aliphatic heterocycles. The number of amides is 1. The number of piperidine rings is 1. The summed E-state index contributed by atoms with van der Waals surface area (Å²) in [4.78, 5) is 14.3. The molecule has 0 unspecified atom stereocenters. The number of carbonyl (C=O) groups is 1. The normalized spacial score (nSPS) is 23.9. The highest BCUT2D eigenvalue weighted by molar-refractivity contribution is 5.78. The van der Waals surface area contributed by atoms with Crippen molar-refractivity contribution < 1.29 is 4.79 Å². The molecule has 23 heavy (non-hydrogen) atoms. The molecular formula is C19H35N3O. The smallest absolute Gasteiger partial charge is 0.234 e. The Balaban J connectivity index is 1.56. The van der Waals surface area contributed by atoms with Crippen molar-refractivity contribution in [2.24, 2.45) is 11.8 Å². The number of likely N-dealkylation sites (tertiary alicyclic amines) is 1. The van der Waals surface area contributed by atoms with E-state index in [-0.39, 0.29) is 11.4 Å².